The minimum absolute atomic E-state index is 0.0483. The maximum Gasteiger partial charge on any atom is 0.260 e. The summed E-state index contributed by atoms with van der Waals surface area (Å²) < 4.78 is 5.64. The first-order valence-corrected chi connectivity index (χ1v) is 8.84. The third-order valence-electron chi connectivity index (χ3n) is 4.81. The first-order valence-electron chi connectivity index (χ1n) is 8.84. The zero-order valence-electron chi connectivity index (χ0n) is 14.5. The van der Waals surface area contributed by atoms with Crippen LogP contribution in [0.2, 0.25) is 0 Å². The summed E-state index contributed by atoms with van der Waals surface area (Å²) in [4.78, 5) is 27.8. The molecule has 0 radical (unpaired) electrons. The van der Waals surface area contributed by atoms with Gasteiger partial charge in [0, 0.05) is 31.7 Å². The quantitative estimate of drug-likeness (QED) is 0.853. The normalized spacial score (nSPS) is 24.3. The lowest BCUT2D eigenvalue weighted by Gasteiger charge is -2.34. The minimum Gasteiger partial charge on any atom is -0.484 e. The summed E-state index contributed by atoms with van der Waals surface area (Å²) in [5.41, 5.74) is 0.898. The summed E-state index contributed by atoms with van der Waals surface area (Å²) >= 11 is 0. The van der Waals surface area contributed by atoms with E-state index in [9.17, 15) is 9.59 Å². The molecule has 5 nitrogen and oxygen atoms in total. The number of anilines is 1. The van der Waals surface area contributed by atoms with Gasteiger partial charge in [0.25, 0.3) is 5.91 Å². The molecule has 1 aromatic rings. The lowest BCUT2D eigenvalue weighted by molar-refractivity contribution is -0.136. The second-order valence-corrected chi connectivity index (χ2v) is 7.18. The maximum absolute atomic E-state index is 12.3. The molecule has 2 heterocycles. The topological polar surface area (TPSA) is 49.9 Å². The Kier molecular flexibility index (Phi) is 5.07. The van der Waals surface area contributed by atoms with Crippen molar-refractivity contribution in [3.05, 3.63) is 24.3 Å². The summed E-state index contributed by atoms with van der Waals surface area (Å²) in [5.74, 6) is 1.99. The van der Waals surface area contributed by atoms with Crippen LogP contribution in [-0.2, 0) is 9.59 Å². The van der Waals surface area contributed by atoms with Crippen LogP contribution in [0.3, 0.4) is 0 Å². The molecule has 0 saturated carbocycles. The molecule has 0 N–H and O–H groups in total. The standard InChI is InChI=1S/C19H26N2O3/c1-14-10-15(2)12-20(11-14)19(23)13-24-17-7-5-16(6-8-17)21-9-3-4-18(21)22/h5-8,14-15H,3-4,9-13H2,1-2H3. The van der Waals surface area contributed by atoms with Crippen LogP contribution in [0.4, 0.5) is 5.69 Å². The van der Waals surface area contributed by atoms with Crippen LogP contribution in [-0.4, -0.2) is 43.0 Å². The Labute approximate surface area is 143 Å². The average Bonchev–Trinajstić information content (AvgIpc) is 2.98. The maximum atomic E-state index is 12.3. The van der Waals surface area contributed by atoms with Gasteiger partial charge in [0.1, 0.15) is 5.75 Å². The fourth-order valence-electron chi connectivity index (χ4n) is 3.75. The molecule has 0 aromatic heterocycles. The molecule has 3 rings (SSSR count). The van der Waals surface area contributed by atoms with E-state index in [0.29, 0.717) is 24.0 Å². The highest BCUT2D eigenvalue weighted by Crippen LogP contribution is 2.24. The molecule has 5 heteroatoms. The van der Waals surface area contributed by atoms with Crippen molar-refractivity contribution in [1.29, 1.82) is 0 Å². The van der Waals surface area contributed by atoms with Crippen molar-refractivity contribution in [2.45, 2.75) is 33.1 Å². The Hall–Kier alpha value is -2.04. The molecule has 0 bridgehead atoms. The molecule has 0 aliphatic carbocycles. The summed E-state index contributed by atoms with van der Waals surface area (Å²) in [6.07, 6.45) is 2.72. The number of carbonyl (C=O) groups excluding carboxylic acids is 2. The predicted octanol–water partition coefficient (Wildman–Crippen LogP) is 2.70. The molecule has 2 aliphatic heterocycles. The molecule has 0 spiro atoms. The molecule has 2 unspecified atom stereocenters. The number of nitrogens with zero attached hydrogens (tertiary/aromatic N) is 2. The summed E-state index contributed by atoms with van der Waals surface area (Å²) in [6.45, 7) is 6.87. The van der Waals surface area contributed by atoms with Gasteiger partial charge < -0.3 is 14.5 Å². The van der Waals surface area contributed by atoms with Gasteiger partial charge in [-0.2, -0.15) is 0 Å². The third kappa shape index (κ3) is 3.89. The van der Waals surface area contributed by atoms with Crippen LogP contribution in [0.5, 0.6) is 5.75 Å². The van der Waals surface area contributed by atoms with Crippen molar-refractivity contribution in [1.82, 2.24) is 4.90 Å². The Morgan fingerprint density at radius 3 is 2.42 bits per heavy atom. The van der Waals surface area contributed by atoms with E-state index in [1.54, 1.807) is 4.90 Å². The molecule has 2 atom stereocenters. The van der Waals surface area contributed by atoms with Gasteiger partial charge in [-0.25, -0.2) is 0 Å². The largest absolute Gasteiger partial charge is 0.484 e. The minimum atomic E-state index is 0.0483. The number of amides is 2. The van der Waals surface area contributed by atoms with Crippen molar-refractivity contribution >= 4 is 17.5 Å². The number of hydrogen-bond acceptors (Lipinski definition) is 3. The first kappa shape index (κ1) is 16.8. The van der Waals surface area contributed by atoms with E-state index in [0.717, 1.165) is 31.7 Å². The van der Waals surface area contributed by atoms with E-state index in [-0.39, 0.29) is 18.4 Å². The number of ether oxygens (including phenoxy) is 1. The fraction of sp³-hybridized carbons (Fsp3) is 0.579. The summed E-state index contributed by atoms with van der Waals surface area (Å²) in [6, 6.07) is 7.42. The van der Waals surface area contributed by atoms with Crippen LogP contribution in [0, 0.1) is 11.8 Å². The highest BCUT2D eigenvalue weighted by atomic mass is 16.5. The number of carbonyl (C=O) groups is 2. The Morgan fingerprint density at radius 1 is 1.17 bits per heavy atom. The van der Waals surface area contributed by atoms with Gasteiger partial charge in [-0.1, -0.05) is 13.8 Å². The van der Waals surface area contributed by atoms with E-state index < -0.39 is 0 Å². The van der Waals surface area contributed by atoms with Gasteiger partial charge >= 0.3 is 0 Å². The molecule has 130 valence electrons. The monoisotopic (exact) mass is 330 g/mol. The summed E-state index contributed by atoms with van der Waals surface area (Å²) in [7, 11) is 0. The van der Waals surface area contributed by atoms with Crippen molar-refractivity contribution in [3.8, 4) is 5.75 Å². The highest BCUT2D eigenvalue weighted by molar-refractivity contribution is 5.95. The number of likely N-dealkylation sites (tertiary alicyclic amines) is 1. The van der Waals surface area contributed by atoms with Crippen LogP contribution >= 0.6 is 0 Å². The average molecular weight is 330 g/mol. The van der Waals surface area contributed by atoms with Gasteiger partial charge in [0.05, 0.1) is 0 Å². The SMILES string of the molecule is CC1CC(C)CN(C(=O)COc2ccc(N3CCCC3=O)cc2)C1. The van der Waals surface area contributed by atoms with E-state index in [1.807, 2.05) is 29.2 Å². The van der Waals surface area contributed by atoms with Crippen molar-refractivity contribution in [2.75, 3.05) is 31.1 Å². The molecule has 1 aromatic carbocycles. The van der Waals surface area contributed by atoms with Gasteiger partial charge in [-0.3, -0.25) is 9.59 Å². The number of rotatable bonds is 4. The van der Waals surface area contributed by atoms with E-state index in [2.05, 4.69) is 13.8 Å². The Morgan fingerprint density at radius 2 is 1.83 bits per heavy atom. The lowest BCUT2D eigenvalue weighted by atomic mass is 9.92. The molecule has 24 heavy (non-hydrogen) atoms. The van der Waals surface area contributed by atoms with E-state index in [1.165, 1.54) is 6.42 Å². The smallest absolute Gasteiger partial charge is 0.260 e. The molecule has 2 saturated heterocycles. The predicted molar refractivity (Wildman–Crippen MR) is 93.0 cm³/mol. The van der Waals surface area contributed by atoms with Crippen LogP contribution in [0.1, 0.15) is 33.1 Å². The number of hydrogen-bond donors (Lipinski definition) is 0. The molecule has 2 aliphatic rings. The highest BCUT2D eigenvalue weighted by Gasteiger charge is 2.25. The second kappa shape index (κ2) is 7.24. The molecular weight excluding hydrogens is 304 g/mol. The van der Waals surface area contributed by atoms with Crippen molar-refractivity contribution in [2.24, 2.45) is 11.8 Å². The van der Waals surface area contributed by atoms with Crippen LogP contribution < -0.4 is 9.64 Å². The summed E-state index contributed by atoms with van der Waals surface area (Å²) in [5, 5.41) is 0. The second-order valence-electron chi connectivity index (χ2n) is 7.18. The zero-order chi connectivity index (χ0) is 17.1. The van der Waals surface area contributed by atoms with Crippen LogP contribution in [0.25, 0.3) is 0 Å². The number of piperidine rings is 1. The van der Waals surface area contributed by atoms with Crippen LogP contribution in [0.15, 0.2) is 24.3 Å². The van der Waals surface area contributed by atoms with Gasteiger partial charge in [-0.05, 0) is 48.9 Å². The van der Waals surface area contributed by atoms with Crippen molar-refractivity contribution in [3.63, 3.8) is 0 Å². The third-order valence-corrected chi connectivity index (χ3v) is 4.81. The van der Waals surface area contributed by atoms with Gasteiger partial charge in [0.15, 0.2) is 6.61 Å². The van der Waals surface area contributed by atoms with Gasteiger partial charge in [-0.15, -0.1) is 0 Å². The molecule has 2 fully saturated rings. The fourth-order valence-corrected chi connectivity index (χ4v) is 3.75. The molecule has 2 amide bonds. The van der Waals surface area contributed by atoms with E-state index >= 15 is 0 Å². The number of benzene rings is 1. The Bertz CT molecular complexity index is 589. The van der Waals surface area contributed by atoms with E-state index in [4.69, 9.17) is 4.74 Å². The van der Waals surface area contributed by atoms with Gasteiger partial charge in [0.2, 0.25) is 5.91 Å². The zero-order valence-corrected chi connectivity index (χ0v) is 14.5. The first-order chi connectivity index (χ1) is 11.5. The van der Waals surface area contributed by atoms with Crippen molar-refractivity contribution < 1.29 is 14.3 Å². The Balaban J connectivity index is 1.53. The molecular formula is C19H26N2O3. The lowest BCUT2D eigenvalue weighted by Crippen LogP contribution is -2.44.